The van der Waals surface area contributed by atoms with Crippen molar-refractivity contribution in [1.29, 1.82) is 0 Å². The van der Waals surface area contributed by atoms with Gasteiger partial charge in [-0.2, -0.15) is 0 Å². The number of Topliss-reactive ketones (excluding diaryl/α,β-unsaturated/α-hetero) is 1. The predicted molar refractivity (Wildman–Crippen MR) is 61.3 cm³/mol. The summed E-state index contributed by atoms with van der Waals surface area (Å²) in [6.45, 7) is 0. The Morgan fingerprint density at radius 1 is 1.19 bits per heavy atom. The summed E-state index contributed by atoms with van der Waals surface area (Å²) in [6.07, 6.45) is 0.971. The molecule has 0 atom stereocenters. The highest BCUT2D eigenvalue weighted by Crippen LogP contribution is 2.34. The average Bonchev–Trinajstić information content (AvgIpc) is 2.16. The van der Waals surface area contributed by atoms with Gasteiger partial charge in [0, 0.05) is 6.42 Å². The molecule has 16 heavy (non-hydrogen) atoms. The number of carbonyl (C=O) groups is 1. The number of carbonyl (C=O) groups excluding carboxylic acids is 1. The fourth-order valence-electron chi connectivity index (χ4n) is 1.44. The van der Waals surface area contributed by atoms with Crippen molar-refractivity contribution < 1.29 is 19.1 Å². The maximum absolute atomic E-state index is 11.2. The molecule has 4 nitrogen and oxygen atoms in total. The molecule has 0 heterocycles. The maximum atomic E-state index is 11.2. The Labute approximate surface area is 94.5 Å². The SMILES string of the molecule is O=C(CCCc1ccccc1)CP(=O)(O)O. The van der Waals surface area contributed by atoms with Gasteiger partial charge in [-0.1, -0.05) is 30.3 Å². The second-order valence-electron chi connectivity index (χ2n) is 3.70. The quantitative estimate of drug-likeness (QED) is 0.745. The zero-order valence-corrected chi connectivity index (χ0v) is 9.77. The zero-order valence-electron chi connectivity index (χ0n) is 8.87. The molecule has 0 aliphatic carbocycles. The van der Waals surface area contributed by atoms with Gasteiger partial charge in [-0.15, -0.1) is 0 Å². The van der Waals surface area contributed by atoms with Crippen molar-refractivity contribution in [1.82, 2.24) is 0 Å². The molecule has 0 saturated carbocycles. The second-order valence-corrected chi connectivity index (χ2v) is 5.35. The van der Waals surface area contributed by atoms with E-state index in [4.69, 9.17) is 9.79 Å². The molecular weight excluding hydrogens is 227 g/mol. The molecule has 0 amide bonds. The van der Waals surface area contributed by atoms with Gasteiger partial charge in [-0.05, 0) is 18.4 Å². The Morgan fingerprint density at radius 3 is 2.38 bits per heavy atom. The predicted octanol–water partition coefficient (Wildman–Crippen LogP) is 1.76. The molecule has 0 aromatic heterocycles. The minimum absolute atomic E-state index is 0.222. The van der Waals surface area contributed by atoms with Crippen molar-refractivity contribution >= 4 is 13.4 Å². The Kier molecular flexibility index (Phi) is 4.87. The highest BCUT2D eigenvalue weighted by molar-refractivity contribution is 7.52. The third kappa shape index (κ3) is 5.81. The lowest BCUT2D eigenvalue weighted by molar-refractivity contribution is -0.116. The lowest BCUT2D eigenvalue weighted by Gasteiger charge is -2.03. The minimum atomic E-state index is -4.18. The van der Waals surface area contributed by atoms with Crippen molar-refractivity contribution in [2.45, 2.75) is 19.3 Å². The molecule has 0 bridgehead atoms. The molecule has 0 fully saturated rings. The van der Waals surface area contributed by atoms with E-state index in [9.17, 15) is 9.36 Å². The van der Waals surface area contributed by atoms with Crippen LogP contribution in [0.25, 0.3) is 0 Å². The van der Waals surface area contributed by atoms with Crippen molar-refractivity contribution in [3.05, 3.63) is 35.9 Å². The minimum Gasteiger partial charge on any atom is -0.324 e. The van der Waals surface area contributed by atoms with Crippen LogP contribution in [0.3, 0.4) is 0 Å². The molecule has 2 N–H and O–H groups in total. The molecular formula is C11H15O4P. The lowest BCUT2D eigenvalue weighted by Crippen LogP contribution is -2.05. The van der Waals surface area contributed by atoms with Gasteiger partial charge in [0.2, 0.25) is 0 Å². The first-order valence-corrected chi connectivity index (χ1v) is 6.87. The van der Waals surface area contributed by atoms with Gasteiger partial charge in [-0.3, -0.25) is 9.36 Å². The van der Waals surface area contributed by atoms with Gasteiger partial charge in [0.1, 0.15) is 11.9 Å². The summed E-state index contributed by atoms with van der Waals surface area (Å²) in [5.74, 6) is -0.371. The van der Waals surface area contributed by atoms with Crippen LogP contribution in [-0.2, 0) is 15.8 Å². The van der Waals surface area contributed by atoms with E-state index in [1.165, 1.54) is 0 Å². The van der Waals surface area contributed by atoms with Gasteiger partial charge < -0.3 is 9.79 Å². The summed E-state index contributed by atoms with van der Waals surface area (Å²) in [5.41, 5.74) is 1.13. The molecule has 88 valence electrons. The second kappa shape index (κ2) is 5.94. The van der Waals surface area contributed by atoms with Crippen LogP contribution < -0.4 is 0 Å². The number of benzene rings is 1. The number of hydrogen-bond donors (Lipinski definition) is 2. The molecule has 1 aromatic rings. The molecule has 0 radical (unpaired) electrons. The fourth-order valence-corrected chi connectivity index (χ4v) is 2.06. The highest BCUT2D eigenvalue weighted by Gasteiger charge is 2.18. The van der Waals surface area contributed by atoms with Crippen LogP contribution in [0.5, 0.6) is 0 Å². The summed E-state index contributed by atoms with van der Waals surface area (Å²) < 4.78 is 10.5. The Hall–Kier alpha value is -0.960. The molecule has 0 spiro atoms. The van der Waals surface area contributed by atoms with Crippen LogP contribution in [-0.4, -0.2) is 21.7 Å². The van der Waals surface area contributed by atoms with Gasteiger partial charge in [-0.25, -0.2) is 0 Å². The van der Waals surface area contributed by atoms with Crippen LogP contribution in [0.1, 0.15) is 18.4 Å². The van der Waals surface area contributed by atoms with Crippen LogP contribution >= 0.6 is 7.60 Å². The molecule has 0 aliphatic heterocycles. The van der Waals surface area contributed by atoms with Gasteiger partial charge in [0.15, 0.2) is 0 Å². The van der Waals surface area contributed by atoms with E-state index in [-0.39, 0.29) is 12.2 Å². The number of ketones is 1. The van der Waals surface area contributed by atoms with E-state index < -0.39 is 13.8 Å². The lowest BCUT2D eigenvalue weighted by atomic mass is 10.1. The monoisotopic (exact) mass is 242 g/mol. The molecule has 0 unspecified atom stereocenters. The third-order valence-corrected chi connectivity index (χ3v) is 2.91. The zero-order chi connectivity index (χ0) is 12.0. The molecule has 1 aromatic carbocycles. The van der Waals surface area contributed by atoms with Crippen LogP contribution in [0, 0.1) is 0 Å². The smallest absolute Gasteiger partial charge is 0.324 e. The standard InChI is InChI=1S/C11H15O4P/c12-11(9-16(13,14)15)8-4-7-10-5-2-1-3-6-10/h1-3,5-6H,4,7-9H2,(H2,13,14,15). The summed E-state index contributed by atoms with van der Waals surface area (Å²) >= 11 is 0. The van der Waals surface area contributed by atoms with Crippen LogP contribution in [0.15, 0.2) is 30.3 Å². The number of aryl methyl sites for hydroxylation is 1. The summed E-state index contributed by atoms with van der Waals surface area (Å²) in [7, 11) is -4.18. The Balaban J connectivity index is 2.26. The number of hydrogen-bond acceptors (Lipinski definition) is 2. The van der Waals surface area contributed by atoms with E-state index in [0.29, 0.717) is 6.42 Å². The van der Waals surface area contributed by atoms with Gasteiger partial charge in [0.25, 0.3) is 0 Å². The largest absolute Gasteiger partial charge is 0.332 e. The van der Waals surface area contributed by atoms with Gasteiger partial charge in [0.05, 0.1) is 0 Å². The first kappa shape index (κ1) is 13.1. The first-order valence-electron chi connectivity index (χ1n) is 5.07. The topological polar surface area (TPSA) is 74.6 Å². The van der Waals surface area contributed by atoms with E-state index in [2.05, 4.69) is 0 Å². The summed E-state index contributed by atoms with van der Waals surface area (Å²) in [6, 6.07) is 9.70. The number of rotatable bonds is 6. The van der Waals surface area contributed by atoms with E-state index in [1.807, 2.05) is 30.3 Å². The fraction of sp³-hybridized carbons (Fsp3) is 0.364. The normalized spacial score (nSPS) is 11.4. The Bertz CT molecular complexity index is 382. The summed E-state index contributed by atoms with van der Waals surface area (Å²) in [4.78, 5) is 28.3. The van der Waals surface area contributed by atoms with Crippen molar-refractivity contribution in [3.63, 3.8) is 0 Å². The molecule has 0 aliphatic rings. The van der Waals surface area contributed by atoms with Crippen molar-refractivity contribution in [3.8, 4) is 0 Å². The van der Waals surface area contributed by atoms with E-state index in [0.717, 1.165) is 12.0 Å². The first-order chi connectivity index (χ1) is 7.47. The molecule has 0 saturated heterocycles. The maximum Gasteiger partial charge on any atom is 0.332 e. The average molecular weight is 242 g/mol. The van der Waals surface area contributed by atoms with E-state index in [1.54, 1.807) is 0 Å². The van der Waals surface area contributed by atoms with Crippen molar-refractivity contribution in [2.75, 3.05) is 6.16 Å². The van der Waals surface area contributed by atoms with Crippen LogP contribution in [0.2, 0.25) is 0 Å². The van der Waals surface area contributed by atoms with Crippen molar-refractivity contribution in [2.24, 2.45) is 0 Å². The van der Waals surface area contributed by atoms with Crippen LogP contribution in [0.4, 0.5) is 0 Å². The Morgan fingerprint density at radius 2 is 1.81 bits per heavy atom. The molecule has 1 rings (SSSR count). The van der Waals surface area contributed by atoms with Gasteiger partial charge >= 0.3 is 7.60 Å². The molecule has 5 heteroatoms. The highest BCUT2D eigenvalue weighted by atomic mass is 31.2. The van der Waals surface area contributed by atoms with E-state index >= 15 is 0 Å². The third-order valence-electron chi connectivity index (χ3n) is 2.15. The summed E-state index contributed by atoms with van der Waals surface area (Å²) in [5, 5.41) is 0.